The molecule has 1 aliphatic heterocycles. The highest BCUT2D eigenvalue weighted by Gasteiger charge is 2.70. The second-order valence-electron chi connectivity index (χ2n) is 19.7. The summed E-state index contributed by atoms with van der Waals surface area (Å²) in [5, 5.41) is 37.6. The van der Waals surface area contributed by atoms with Gasteiger partial charge in [0, 0.05) is 23.7 Å². The number of hydrogen-bond acceptors (Lipinski definition) is 8. The topological polar surface area (TPSA) is 143 Å². The van der Waals surface area contributed by atoms with Crippen LogP contribution in [-0.4, -0.2) is 93.7 Å². The minimum Gasteiger partial charge on any atom is -0.491 e. The van der Waals surface area contributed by atoms with Crippen molar-refractivity contribution in [2.75, 3.05) is 13.2 Å². The van der Waals surface area contributed by atoms with Crippen LogP contribution in [0.15, 0.2) is 84.9 Å². The maximum absolute atomic E-state index is 13.1. The van der Waals surface area contributed by atoms with E-state index in [-0.39, 0.29) is 61.4 Å². The summed E-state index contributed by atoms with van der Waals surface area (Å²) in [6.45, 7) is 15.0. The average molecular weight is 1140 g/mol. The standard InChI is InChI=1S/C29H34F6O5.C29H32F6O4/c1-5-26(6-2,22-9-11-24(19(4)16-22)40-17-23(36)10-12-25(37)38)21-8-7-20(18(3)15-21)13-14-27(39,28(30,31)32)29(33,34)35;1-5-26(6-2,22-9-11-24(19(4)16-22)38-17-23-10-12-25(36)39-23)21-8-7-20(18(3)15-21)13-14-27(37,28(30,31)32)29(33,34)35/h7-9,11,13-16,23,36,39H,5-6,10,12,17H2,1-4H3,(H,37,38);7-9,11,13-16,23,37H,5-6,10,12,17H2,1-4H3/b2*14-13+/t2*23-/m11/s1. The van der Waals surface area contributed by atoms with E-state index in [0.717, 1.165) is 33.4 Å². The molecule has 436 valence electrons. The van der Waals surface area contributed by atoms with E-state index in [1.807, 2.05) is 71.9 Å². The number of carbonyl (C=O) groups excluding carboxylic acids is 1. The molecule has 0 aliphatic carbocycles. The first-order valence-corrected chi connectivity index (χ1v) is 25.4. The number of carboxylic acid groups (broad SMARTS) is 1. The van der Waals surface area contributed by atoms with Gasteiger partial charge in [-0.05, 0) is 146 Å². The molecule has 4 aromatic rings. The predicted octanol–water partition coefficient (Wildman–Crippen LogP) is 14.2. The molecule has 0 bridgehead atoms. The Labute approximate surface area is 450 Å². The van der Waals surface area contributed by atoms with Gasteiger partial charge >= 0.3 is 36.6 Å². The van der Waals surface area contributed by atoms with Crippen LogP contribution in [0, 0.1) is 27.7 Å². The number of aryl methyl sites for hydroxylation is 4. The van der Waals surface area contributed by atoms with Gasteiger partial charge in [-0.3, -0.25) is 9.59 Å². The van der Waals surface area contributed by atoms with Crippen molar-refractivity contribution in [1.82, 2.24) is 0 Å². The van der Waals surface area contributed by atoms with E-state index >= 15 is 0 Å². The monoisotopic (exact) mass is 1130 g/mol. The molecule has 0 amide bonds. The van der Waals surface area contributed by atoms with Gasteiger partial charge in [0.05, 0.1) is 6.10 Å². The molecule has 21 heteroatoms. The summed E-state index contributed by atoms with van der Waals surface area (Å²) < 4.78 is 173. The number of alkyl halides is 12. The Morgan fingerprint density at radius 1 is 0.595 bits per heavy atom. The van der Waals surface area contributed by atoms with Gasteiger partial charge in [0.1, 0.15) is 30.8 Å². The summed E-state index contributed by atoms with van der Waals surface area (Å²) in [7, 11) is 0. The van der Waals surface area contributed by atoms with Crippen LogP contribution in [0.4, 0.5) is 52.7 Å². The number of cyclic esters (lactones) is 1. The van der Waals surface area contributed by atoms with Crippen molar-refractivity contribution in [2.45, 2.75) is 166 Å². The number of ether oxygens (including phenoxy) is 3. The second kappa shape index (κ2) is 25.6. The van der Waals surface area contributed by atoms with Crippen molar-refractivity contribution in [3.05, 3.63) is 141 Å². The smallest absolute Gasteiger partial charge is 0.430 e. The summed E-state index contributed by atoms with van der Waals surface area (Å²) in [5.41, 5.74) is -4.62. The molecule has 4 N–H and O–H groups in total. The van der Waals surface area contributed by atoms with Crippen molar-refractivity contribution in [1.29, 1.82) is 0 Å². The van der Waals surface area contributed by atoms with Gasteiger partial charge in [-0.1, -0.05) is 101 Å². The highest BCUT2D eigenvalue weighted by Crippen LogP contribution is 2.47. The molecule has 1 fully saturated rings. The maximum Gasteiger partial charge on any atom is 0.430 e. The van der Waals surface area contributed by atoms with Crippen LogP contribution < -0.4 is 9.47 Å². The molecular formula is C58H66F12O9. The number of aliphatic carboxylic acids is 1. The van der Waals surface area contributed by atoms with E-state index in [2.05, 4.69) is 0 Å². The van der Waals surface area contributed by atoms with Crippen LogP contribution >= 0.6 is 0 Å². The van der Waals surface area contributed by atoms with Gasteiger partial charge in [0.2, 0.25) is 0 Å². The van der Waals surface area contributed by atoms with Crippen molar-refractivity contribution in [3.8, 4) is 11.5 Å². The summed E-state index contributed by atoms with van der Waals surface area (Å²) in [6.07, 6.45) is -20.7. The predicted molar refractivity (Wildman–Crippen MR) is 273 cm³/mol. The zero-order valence-electron chi connectivity index (χ0n) is 44.8. The Morgan fingerprint density at radius 3 is 1.25 bits per heavy atom. The van der Waals surface area contributed by atoms with E-state index in [1.165, 1.54) is 12.1 Å². The Kier molecular flexibility index (Phi) is 21.2. The first-order valence-electron chi connectivity index (χ1n) is 25.4. The van der Waals surface area contributed by atoms with E-state index < -0.39 is 58.8 Å². The first kappa shape index (κ1) is 65.5. The van der Waals surface area contributed by atoms with Crippen molar-refractivity contribution < 1.29 is 96.9 Å². The number of hydrogen-bond donors (Lipinski definition) is 4. The number of aliphatic hydroxyl groups is 3. The molecule has 1 saturated heterocycles. The molecule has 79 heavy (non-hydrogen) atoms. The van der Waals surface area contributed by atoms with E-state index in [9.17, 15) is 77.6 Å². The van der Waals surface area contributed by atoms with Gasteiger partial charge in [-0.15, -0.1) is 0 Å². The normalized spacial score (nSPS) is 15.5. The third-order valence-electron chi connectivity index (χ3n) is 14.8. The first-order chi connectivity index (χ1) is 36.5. The Hall–Kier alpha value is -6.06. The van der Waals surface area contributed by atoms with E-state index in [1.54, 1.807) is 44.2 Å². The van der Waals surface area contributed by atoms with Gasteiger partial charge in [-0.2, -0.15) is 52.7 Å². The summed E-state index contributed by atoms with van der Waals surface area (Å²) in [5.74, 6) is -0.0861. The molecule has 0 aromatic heterocycles. The lowest BCUT2D eigenvalue weighted by Crippen LogP contribution is -2.55. The fraction of sp³-hybridized carbons (Fsp3) is 0.483. The highest BCUT2D eigenvalue weighted by atomic mass is 19.4. The van der Waals surface area contributed by atoms with Gasteiger partial charge in [0.15, 0.2) is 0 Å². The van der Waals surface area contributed by atoms with Crippen LogP contribution in [0.1, 0.15) is 135 Å². The lowest BCUT2D eigenvalue weighted by Gasteiger charge is -2.34. The third kappa shape index (κ3) is 14.8. The van der Waals surface area contributed by atoms with Crippen molar-refractivity contribution in [2.24, 2.45) is 0 Å². The zero-order valence-corrected chi connectivity index (χ0v) is 44.8. The molecular weight excluding hydrogens is 1070 g/mol. The fourth-order valence-corrected chi connectivity index (χ4v) is 9.57. The molecule has 0 spiro atoms. The minimum atomic E-state index is -5.94. The highest BCUT2D eigenvalue weighted by molar-refractivity contribution is 5.71. The lowest BCUT2D eigenvalue weighted by molar-refractivity contribution is -0.348. The summed E-state index contributed by atoms with van der Waals surface area (Å²) in [4.78, 5) is 22.0. The van der Waals surface area contributed by atoms with Crippen LogP contribution in [0.2, 0.25) is 0 Å². The molecule has 1 heterocycles. The zero-order chi connectivity index (χ0) is 59.7. The van der Waals surface area contributed by atoms with Gasteiger partial charge < -0.3 is 34.6 Å². The minimum absolute atomic E-state index is 0.0531. The number of halogens is 12. The number of rotatable bonds is 21. The van der Waals surface area contributed by atoms with Crippen LogP contribution in [0.3, 0.4) is 0 Å². The molecule has 2 atom stereocenters. The number of aliphatic hydroxyl groups excluding tert-OH is 1. The quantitative estimate of drug-likeness (QED) is 0.0474. The Bertz CT molecular complexity index is 2760. The third-order valence-corrected chi connectivity index (χ3v) is 14.8. The van der Waals surface area contributed by atoms with Crippen molar-refractivity contribution >= 4 is 24.1 Å². The van der Waals surface area contributed by atoms with Crippen LogP contribution in [0.5, 0.6) is 11.5 Å². The number of carbonyl (C=O) groups is 2. The molecule has 5 rings (SSSR count). The molecule has 0 radical (unpaired) electrons. The van der Waals surface area contributed by atoms with Crippen LogP contribution in [0.25, 0.3) is 12.2 Å². The molecule has 1 aliphatic rings. The van der Waals surface area contributed by atoms with Gasteiger partial charge in [0.25, 0.3) is 11.2 Å². The largest absolute Gasteiger partial charge is 0.491 e. The fourth-order valence-electron chi connectivity index (χ4n) is 9.57. The number of benzene rings is 4. The summed E-state index contributed by atoms with van der Waals surface area (Å²) in [6, 6.07) is 21.0. The second-order valence-corrected chi connectivity index (χ2v) is 19.7. The Morgan fingerprint density at radius 2 is 0.949 bits per heavy atom. The average Bonchev–Trinajstić information content (AvgIpc) is 3.79. The molecule has 0 unspecified atom stereocenters. The summed E-state index contributed by atoms with van der Waals surface area (Å²) >= 11 is 0. The Balaban J connectivity index is 0.000000341. The van der Waals surface area contributed by atoms with E-state index in [0.29, 0.717) is 73.3 Å². The van der Waals surface area contributed by atoms with Crippen LogP contribution in [-0.2, 0) is 25.2 Å². The van der Waals surface area contributed by atoms with Gasteiger partial charge in [-0.25, -0.2) is 0 Å². The number of carboxylic acids is 1. The van der Waals surface area contributed by atoms with Crippen molar-refractivity contribution in [3.63, 3.8) is 0 Å². The SMILES string of the molecule is CCC(CC)(c1ccc(/C=C/C(O)(C(F)(F)F)C(F)(F)F)c(C)c1)c1ccc(OC[C@H](O)CCC(=O)O)c(C)c1.CCC(CC)(c1ccc(/C=C/C(O)(C(F)(F)F)C(F)(F)F)c(C)c1)c1ccc(OC[C@H]2CCC(=O)O2)c(C)c1. The molecule has 9 nitrogen and oxygen atoms in total. The number of esters is 1. The molecule has 4 aromatic carbocycles. The maximum atomic E-state index is 13.1. The van der Waals surface area contributed by atoms with E-state index in [4.69, 9.17) is 19.3 Å². The lowest BCUT2D eigenvalue weighted by atomic mass is 9.70. The molecule has 0 saturated carbocycles.